The van der Waals surface area contributed by atoms with Crippen molar-refractivity contribution in [3.63, 3.8) is 0 Å². The molecular formula is C16H21NO3. The minimum Gasteiger partial charge on any atom is -0.488 e. The third-order valence-electron chi connectivity index (χ3n) is 3.41. The first-order valence-electron chi connectivity index (χ1n) is 6.97. The fourth-order valence-corrected chi connectivity index (χ4v) is 2.31. The molecule has 1 aliphatic rings. The Bertz CT molecular complexity index is 471. The molecule has 4 heteroatoms. The quantitative estimate of drug-likeness (QED) is 0.490. The molecule has 1 unspecified atom stereocenters. The average Bonchev–Trinajstić information content (AvgIpc) is 2.89. The number of para-hydroxylation sites is 1. The highest BCUT2D eigenvalue weighted by atomic mass is 16.5. The Hall–Kier alpha value is -1.81. The molecule has 20 heavy (non-hydrogen) atoms. The van der Waals surface area contributed by atoms with Gasteiger partial charge in [-0.25, -0.2) is 4.79 Å². The van der Waals surface area contributed by atoms with Crippen LogP contribution in [0.5, 0.6) is 5.75 Å². The molecule has 0 aliphatic carbocycles. The van der Waals surface area contributed by atoms with Gasteiger partial charge in [-0.15, -0.1) is 0 Å². The Morgan fingerprint density at radius 3 is 3.00 bits per heavy atom. The van der Waals surface area contributed by atoms with Crippen LogP contribution < -0.4 is 10.1 Å². The van der Waals surface area contributed by atoms with E-state index in [2.05, 4.69) is 11.4 Å². The van der Waals surface area contributed by atoms with E-state index in [-0.39, 0.29) is 12.1 Å². The SMILES string of the molecule is CC/C(=C/CNCC1Cc2ccccc2O1)C(=O)OC. The maximum Gasteiger partial charge on any atom is 0.333 e. The number of methoxy groups -OCH3 is 1. The normalized spacial score (nSPS) is 17.5. The second kappa shape index (κ2) is 7.10. The van der Waals surface area contributed by atoms with Crippen molar-refractivity contribution in [2.75, 3.05) is 20.2 Å². The van der Waals surface area contributed by atoms with E-state index in [0.29, 0.717) is 18.5 Å². The Labute approximate surface area is 119 Å². The van der Waals surface area contributed by atoms with E-state index in [1.54, 1.807) is 0 Å². The van der Waals surface area contributed by atoms with Crippen LogP contribution in [0, 0.1) is 0 Å². The van der Waals surface area contributed by atoms with Gasteiger partial charge in [0, 0.05) is 25.1 Å². The summed E-state index contributed by atoms with van der Waals surface area (Å²) in [5.74, 6) is 0.734. The fourth-order valence-electron chi connectivity index (χ4n) is 2.31. The summed E-state index contributed by atoms with van der Waals surface area (Å²) in [6, 6.07) is 8.12. The number of benzene rings is 1. The smallest absolute Gasteiger partial charge is 0.333 e. The van der Waals surface area contributed by atoms with Gasteiger partial charge in [-0.2, -0.15) is 0 Å². The molecule has 1 aromatic carbocycles. The summed E-state index contributed by atoms with van der Waals surface area (Å²) in [5, 5.41) is 3.30. The largest absolute Gasteiger partial charge is 0.488 e. The predicted molar refractivity (Wildman–Crippen MR) is 77.8 cm³/mol. The lowest BCUT2D eigenvalue weighted by molar-refractivity contribution is -0.136. The lowest BCUT2D eigenvalue weighted by atomic mass is 10.1. The zero-order valence-corrected chi connectivity index (χ0v) is 12.0. The van der Waals surface area contributed by atoms with E-state index in [1.807, 2.05) is 31.2 Å². The highest BCUT2D eigenvalue weighted by Gasteiger charge is 2.21. The molecule has 0 radical (unpaired) electrons. The minimum atomic E-state index is -0.251. The Morgan fingerprint density at radius 1 is 1.50 bits per heavy atom. The maximum absolute atomic E-state index is 11.4. The summed E-state index contributed by atoms with van der Waals surface area (Å²) in [7, 11) is 1.41. The number of carbonyl (C=O) groups excluding carboxylic acids is 1. The van der Waals surface area contributed by atoms with Crippen LogP contribution in [0.3, 0.4) is 0 Å². The van der Waals surface area contributed by atoms with Gasteiger partial charge in [-0.3, -0.25) is 0 Å². The summed E-state index contributed by atoms with van der Waals surface area (Å²) in [4.78, 5) is 11.4. The molecular weight excluding hydrogens is 254 g/mol. The lowest BCUT2D eigenvalue weighted by Gasteiger charge is -2.11. The number of hydrogen-bond acceptors (Lipinski definition) is 4. The molecule has 1 aromatic rings. The molecule has 0 amide bonds. The summed E-state index contributed by atoms with van der Waals surface area (Å²) < 4.78 is 10.6. The molecule has 2 rings (SSSR count). The van der Waals surface area contributed by atoms with E-state index in [9.17, 15) is 4.79 Å². The maximum atomic E-state index is 11.4. The van der Waals surface area contributed by atoms with Crippen LogP contribution in [0.15, 0.2) is 35.9 Å². The lowest BCUT2D eigenvalue weighted by Crippen LogP contribution is -2.30. The summed E-state index contributed by atoms with van der Waals surface area (Å²) in [5.41, 5.74) is 1.97. The van der Waals surface area contributed by atoms with Crippen molar-refractivity contribution in [3.05, 3.63) is 41.5 Å². The Morgan fingerprint density at radius 2 is 2.30 bits per heavy atom. The summed E-state index contributed by atoms with van der Waals surface area (Å²) >= 11 is 0. The van der Waals surface area contributed by atoms with E-state index >= 15 is 0 Å². The van der Waals surface area contributed by atoms with Crippen molar-refractivity contribution < 1.29 is 14.3 Å². The highest BCUT2D eigenvalue weighted by Crippen LogP contribution is 2.27. The van der Waals surface area contributed by atoms with Crippen LogP contribution in [-0.2, 0) is 16.0 Å². The number of carbonyl (C=O) groups is 1. The van der Waals surface area contributed by atoms with Crippen LogP contribution in [0.25, 0.3) is 0 Å². The van der Waals surface area contributed by atoms with Gasteiger partial charge in [-0.1, -0.05) is 31.2 Å². The van der Waals surface area contributed by atoms with E-state index < -0.39 is 0 Å². The van der Waals surface area contributed by atoms with Crippen molar-refractivity contribution in [2.45, 2.75) is 25.9 Å². The highest BCUT2D eigenvalue weighted by molar-refractivity contribution is 5.88. The van der Waals surface area contributed by atoms with Gasteiger partial charge < -0.3 is 14.8 Å². The molecule has 1 aliphatic heterocycles. The second-order valence-corrected chi connectivity index (χ2v) is 4.78. The molecule has 1 atom stereocenters. The second-order valence-electron chi connectivity index (χ2n) is 4.78. The molecule has 1 N–H and O–H groups in total. The van der Waals surface area contributed by atoms with E-state index in [1.165, 1.54) is 12.7 Å². The number of rotatable bonds is 6. The zero-order valence-electron chi connectivity index (χ0n) is 12.0. The van der Waals surface area contributed by atoms with Gasteiger partial charge in [0.05, 0.1) is 7.11 Å². The Kier molecular flexibility index (Phi) is 5.18. The minimum absolute atomic E-state index is 0.170. The average molecular weight is 275 g/mol. The predicted octanol–water partition coefficient (Wildman–Crippen LogP) is 2.09. The van der Waals surface area contributed by atoms with Crippen molar-refractivity contribution in [2.24, 2.45) is 0 Å². The van der Waals surface area contributed by atoms with Gasteiger partial charge >= 0.3 is 5.97 Å². The molecule has 4 nitrogen and oxygen atoms in total. The van der Waals surface area contributed by atoms with Gasteiger partial charge in [-0.05, 0) is 18.1 Å². The van der Waals surface area contributed by atoms with E-state index in [4.69, 9.17) is 9.47 Å². The number of esters is 1. The molecule has 0 aromatic heterocycles. The van der Waals surface area contributed by atoms with Gasteiger partial charge in [0.25, 0.3) is 0 Å². The molecule has 1 heterocycles. The van der Waals surface area contributed by atoms with Crippen LogP contribution in [0.2, 0.25) is 0 Å². The molecule has 0 saturated carbocycles. The van der Waals surface area contributed by atoms with Crippen LogP contribution in [0.4, 0.5) is 0 Å². The Balaban J connectivity index is 1.75. The first-order chi connectivity index (χ1) is 9.74. The zero-order chi connectivity index (χ0) is 14.4. The van der Waals surface area contributed by atoms with Crippen molar-refractivity contribution in [1.82, 2.24) is 5.32 Å². The molecule has 108 valence electrons. The van der Waals surface area contributed by atoms with Crippen LogP contribution in [-0.4, -0.2) is 32.3 Å². The number of hydrogen-bond donors (Lipinski definition) is 1. The molecule has 0 fully saturated rings. The topological polar surface area (TPSA) is 47.6 Å². The fraction of sp³-hybridized carbons (Fsp3) is 0.438. The monoisotopic (exact) mass is 275 g/mol. The van der Waals surface area contributed by atoms with Gasteiger partial charge in [0.1, 0.15) is 11.9 Å². The number of ether oxygens (including phenoxy) is 2. The number of nitrogens with one attached hydrogen (secondary N) is 1. The third kappa shape index (κ3) is 3.61. The van der Waals surface area contributed by atoms with Crippen molar-refractivity contribution in [1.29, 1.82) is 0 Å². The molecule has 0 bridgehead atoms. The van der Waals surface area contributed by atoms with Crippen LogP contribution in [0.1, 0.15) is 18.9 Å². The first-order valence-corrected chi connectivity index (χ1v) is 6.97. The first kappa shape index (κ1) is 14.6. The van der Waals surface area contributed by atoms with Gasteiger partial charge in [0.15, 0.2) is 0 Å². The number of fused-ring (bicyclic) bond motifs is 1. The van der Waals surface area contributed by atoms with E-state index in [0.717, 1.165) is 18.7 Å². The molecule has 0 saturated heterocycles. The van der Waals surface area contributed by atoms with Crippen LogP contribution >= 0.6 is 0 Å². The van der Waals surface area contributed by atoms with Gasteiger partial charge in [0.2, 0.25) is 0 Å². The summed E-state index contributed by atoms with van der Waals surface area (Å²) in [6.45, 7) is 3.36. The standard InChI is InChI=1S/C16H21NO3/c1-3-12(16(18)19-2)8-9-17-11-14-10-13-6-4-5-7-15(13)20-14/h4-8,14,17H,3,9-11H2,1-2H3/b12-8-. The van der Waals surface area contributed by atoms with Crippen molar-refractivity contribution in [3.8, 4) is 5.75 Å². The van der Waals surface area contributed by atoms with Crippen molar-refractivity contribution >= 4 is 5.97 Å². The third-order valence-corrected chi connectivity index (χ3v) is 3.41. The molecule has 0 spiro atoms. The summed E-state index contributed by atoms with van der Waals surface area (Å²) in [6.07, 6.45) is 3.67.